The highest BCUT2D eigenvalue weighted by Crippen LogP contribution is 2.22. The molecule has 1 aromatic rings. The van der Waals surface area contributed by atoms with Crippen LogP contribution in [0.15, 0.2) is 24.3 Å². The topological polar surface area (TPSA) is 58.6 Å². The normalized spacial score (nSPS) is 20.2. The van der Waals surface area contributed by atoms with Gasteiger partial charge in [0.05, 0.1) is 6.10 Å². The Labute approximate surface area is 115 Å². The second kappa shape index (κ2) is 6.76. The van der Waals surface area contributed by atoms with Crippen molar-refractivity contribution in [3.05, 3.63) is 35.4 Å². The molecule has 20 heavy (non-hydrogen) atoms. The number of hydrogen-bond donors (Lipinski definition) is 2. The standard InChI is InChI=1S/C14H17F2NO3/c15-13(16)10-5-3-9(4-6-10)12(14(18)19)17-8-11-2-1-7-20-11/h3-6,11-13,17H,1-2,7-8H2,(H,18,19). The molecule has 0 radical (unpaired) electrons. The van der Waals surface area contributed by atoms with Crippen molar-refractivity contribution in [3.8, 4) is 0 Å². The van der Waals surface area contributed by atoms with Gasteiger partial charge in [-0.25, -0.2) is 8.78 Å². The van der Waals surface area contributed by atoms with Crippen molar-refractivity contribution in [1.82, 2.24) is 5.32 Å². The van der Waals surface area contributed by atoms with Crippen LogP contribution in [0.25, 0.3) is 0 Å². The van der Waals surface area contributed by atoms with Crippen LogP contribution in [0.3, 0.4) is 0 Å². The summed E-state index contributed by atoms with van der Waals surface area (Å²) in [4.78, 5) is 11.3. The average Bonchev–Trinajstić information content (AvgIpc) is 2.92. The third-order valence-electron chi connectivity index (χ3n) is 3.34. The smallest absolute Gasteiger partial charge is 0.325 e. The Morgan fingerprint density at radius 1 is 1.35 bits per heavy atom. The fourth-order valence-electron chi connectivity index (χ4n) is 2.24. The Bertz CT molecular complexity index is 444. The third kappa shape index (κ3) is 3.74. The summed E-state index contributed by atoms with van der Waals surface area (Å²) >= 11 is 0. The molecule has 0 aromatic heterocycles. The molecule has 6 heteroatoms. The first-order chi connectivity index (χ1) is 9.58. The number of carbonyl (C=O) groups is 1. The number of aliphatic carboxylic acids is 1. The van der Waals surface area contributed by atoms with E-state index in [0.717, 1.165) is 12.8 Å². The number of alkyl halides is 2. The number of carboxylic acids is 1. The molecule has 2 N–H and O–H groups in total. The molecule has 1 aliphatic rings. The zero-order valence-corrected chi connectivity index (χ0v) is 10.9. The minimum absolute atomic E-state index is 0.0252. The van der Waals surface area contributed by atoms with Crippen molar-refractivity contribution in [2.75, 3.05) is 13.2 Å². The number of rotatable bonds is 6. The van der Waals surface area contributed by atoms with E-state index >= 15 is 0 Å². The van der Waals surface area contributed by atoms with E-state index in [-0.39, 0.29) is 11.7 Å². The summed E-state index contributed by atoms with van der Waals surface area (Å²) in [6.45, 7) is 1.14. The van der Waals surface area contributed by atoms with Crippen LogP contribution in [0.4, 0.5) is 8.78 Å². The van der Waals surface area contributed by atoms with Gasteiger partial charge in [0.15, 0.2) is 0 Å². The lowest BCUT2D eigenvalue weighted by atomic mass is 10.0. The van der Waals surface area contributed by atoms with Crippen molar-refractivity contribution >= 4 is 5.97 Å². The highest BCUT2D eigenvalue weighted by Gasteiger charge is 2.23. The largest absolute Gasteiger partial charge is 0.480 e. The Morgan fingerprint density at radius 3 is 2.50 bits per heavy atom. The number of nitrogens with one attached hydrogen (secondary N) is 1. The number of benzene rings is 1. The molecule has 1 saturated heterocycles. The van der Waals surface area contributed by atoms with E-state index in [2.05, 4.69) is 5.32 Å². The summed E-state index contributed by atoms with van der Waals surface area (Å²) in [5, 5.41) is 12.1. The van der Waals surface area contributed by atoms with Crippen LogP contribution in [0, 0.1) is 0 Å². The van der Waals surface area contributed by atoms with E-state index in [1.807, 2.05) is 0 Å². The molecule has 4 nitrogen and oxygen atoms in total. The lowest BCUT2D eigenvalue weighted by Crippen LogP contribution is -2.34. The van der Waals surface area contributed by atoms with E-state index < -0.39 is 18.4 Å². The Morgan fingerprint density at radius 2 is 2.00 bits per heavy atom. The monoisotopic (exact) mass is 285 g/mol. The van der Waals surface area contributed by atoms with Gasteiger partial charge in [-0.3, -0.25) is 10.1 Å². The maximum absolute atomic E-state index is 12.5. The van der Waals surface area contributed by atoms with E-state index in [1.165, 1.54) is 24.3 Å². The summed E-state index contributed by atoms with van der Waals surface area (Å²) in [7, 11) is 0. The summed E-state index contributed by atoms with van der Waals surface area (Å²) in [5.74, 6) is -1.03. The molecule has 2 rings (SSSR count). The molecule has 2 unspecified atom stereocenters. The van der Waals surface area contributed by atoms with Crippen molar-refractivity contribution in [2.24, 2.45) is 0 Å². The molecule has 0 aliphatic carbocycles. The maximum atomic E-state index is 12.5. The zero-order chi connectivity index (χ0) is 14.5. The fraction of sp³-hybridized carbons (Fsp3) is 0.500. The van der Waals surface area contributed by atoms with Crippen molar-refractivity contribution in [3.63, 3.8) is 0 Å². The molecule has 1 aromatic carbocycles. The van der Waals surface area contributed by atoms with Crippen LogP contribution >= 0.6 is 0 Å². The third-order valence-corrected chi connectivity index (χ3v) is 3.34. The van der Waals surface area contributed by atoms with Gasteiger partial charge in [0, 0.05) is 18.7 Å². The van der Waals surface area contributed by atoms with Crippen molar-refractivity contribution < 1.29 is 23.4 Å². The van der Waals surface area contributed by atoms with Gasteiger partial charge in [-0.2, -0.15) is 0 Å². The predicted octanol–water partition coefficient (Wildman–Crippen LogP) is 2.52. The maximum Gasteiger partial charge on any atom is 0.325 e. The van der Waals surface area contributed by atoms with Crippen LogP contribution in [-0.2, 0) is 9.53 Å². The summed E-state index contributed by atoms with van der Waals surface area (Å²) in [5.41, 5.74) is 0.344. The first-order valence-electron chi connectivity index (χ1n) is 6.53. The lowest BCUT2D eigenvalue weighted by Gasteiger charge is -2.18. The molecule has 0 spiro atoms. The molecule has 1 fully saturated rings. The fourth-order valence-corrected chi connectivity index (χ4v) is 2.24. The molecule has 110 valence electrons. The minimum Gasteiger partial charge on any atom is -0.480 e. The van der Waals surface area contributed by atoms with E-state index in [1.54, 1.807) is 0 Å². The predicted molar refractivity (Wildman–Crippen MR) is 68.8 cm³/mol. The van der Waals surface area contributed by atoms with Gasteiger partial charge < -0.3 is 9.84 Å². The summed E-state index contributed by atoms with van der Waals surface area (Å²) in [6.07, 6.45) is -0.638. The molecule has 0 amide bonds. The lowest BCUT2D eigenvalue weighted by molar-refractivity contribution is -0.139. The van der Waals surface area contributed by atoms with Gasteiger partial charge in [-0.1, -0.05) is 24.3 Å². The Hall–Kier alpha value is -1.53. The molecule has 0 bridgehead atoms. The van der Waals surface area contributed by atoms with Crippen LogP contribution < -0.4 is 5.32 Å². The molecule has 1 heterocycles. The van der Waals surface area contributed by atoms with Crippen LogP contribution in [-0.4, -0.2) is 30.3 Å². The molecule has 0 saturated carbocycles. The Kier molecular flexibility index (Phi) is 5.03. The van der Waals surface area contributed by atoms with E-state index in [0.29, 0.717) is 18.7 Å². The first-order valence-corrected chi connectivity index (χ1v) is 6.53. The van der Waals surface area contributed by atoms with Gasteiger partial charge >= 0.3 is 5.97 Å². The first kappa shape index (κ1) is 14.9. The number of ether oxygens (including phenoxy) is 1. The Balaban J connectivity index is 2.01. The number of hydrogen-bond acceptors (Lipinski definition) is 3. The second-order valence-electron chi connectivity index (χ2n) is 4.78. The van der Waals surface area contributed by atoms with Crippen LogP contribution in [0.1, 0.15) is 36.4 Å². The summed E-state index contributed by atoms with van der Waals surface area (Å²) < 4.78 is 30.3. The average molecular weight is 285 g/mol. The molecule has 2 atom stereocenters. The highest BCUT2D eigenvalue weighted by molar-refractivity contribution is 5.75. The molecule has 1 aliphatic heterocycles. The number of halogens is 2. The van der Waals surface area contributed by atoms with Crippen molar-refractivity contribution in [2.45, 2.75) is 31.4 Å². The summed E-state index contributed by atoms with van der Waals surface area (Å²) in [6, 6.07) is 4.43. The van der Waals surface area contributed by atoms with Crippen LogP contribution in [0.5, 0.6) is 0 Å². The quantitative estimate of drug-likeness (QED) is 0.843. The van der Waals surface area contributed by atoms with Gasteiger partial charge in [0.25, 0.3) is 6.43 Å². The van der Waals surface area contributed by atoms with Crippen molar-refractivity contribution in [1.29, 1.82) is 0 Å². The minimum atomic E-state index is -2.55. The highest BCUT2D eigenvalue weighted by atomic mass is 19.3. The SMILES string of the molecule is O=C(O)C(NCC1CCCO1)c1ccc(C(F)F)cc1. The van der Waals surface area contributed by atoms with Crippen LogP contribution in [0.2, 0.25) is 0 Å². The van der Waals surface area contributed by atoms with Gasteiger partial charge in [-0.15, -0.1) is 0 Å². The van der Waals surface area contributed by atoms with Gasteiger partial charge in [0.1, 0.15) is 6.04 Å². The second-order valence-corrected chi connectivity index (χ2v) is 4.78. The number of carboxylic acid groups (broad SMARTS) is 1. The molecular formula is C14H17F2NO3. The zero-order valence-electron chi connectivity index (χ0n) is 10.9. The van der Waals surface area contributed by atoms with Gasteiger partial charge in [0.2, 0.25) is 0 Å². The van der Waals surface area contributed by atoms with E-state index in [9.17, 15) is 18.7 Å². The van der Waals surface area contributed by atoms with Gasteiger partial charge in [-0.05, 0) is 18.4 Å². The molecular weight excluding hydrogens is 268 g/mol. The van der Waals surface area contributed by atoms with E-state index in [4.69, 9.17) is 4.74 Å².